The van der Waals surface area contributed by atoms with Gasteiger partial charge in [0.1, 0.15) is 12.4 Å². The van der Waals surface area contributed by atoms with Gasteiger partial charge in [0, 0.05) is 10.4 Å². The number of carbonyl (C=O) groups is 1. The molecule has 2 rings (SSSR count). The van der Waals surface area contributed by atoms with Crippen LogP contribution in [0.1, 0.15) is 51.0 Å². The SMILES string of the molecule is CC(C)c1cc(Br)ccc1OCC(=O)C1CCCC1. The van der Waals surface area contributed by atoms with Crippen molar-refractivity contribution in [1.29, 1.82) is 0 Å². The number of ether oxygens (including phenoxy) is 1. The molecular weight excluding hydrogens is 304 g/mol. The summed E-state index contributed by atoms with van der Waals surface area (Å²) in [6, 6.07) is 5.97. The van der Waals surface area contributed by atoms with Gasteiger partial charge in [-0.25, -0.2) is 0 Å². The van der Waals surface area contributed by atoms with Crippen molar-refractivity contribution in [2.45, 2.75) is 45.4 Å². The molecule has 0 spiro atoms. The van der Waals surface area contributed by atoms with E-state index in [1.165, 1.54) is 12.8 Å². The highest BCUT2D eigenvalue weighted by molar-refractivity contribution is 9.10. The lowest BCUT2D eigenvalue weighted by Crippen LogP contribution is -2.19. The highest BCUT2D eigenvalue weighted by Gasteiger charge is 2.23. The van der Waals surface area contributed by atoms with Gasteiger partial charge in [-0.1, -0.05) is 42.6 Å². The Kier molecular flexibility index (Phi) is 5.03. The first-order valence-electron chi connectivity index (χ1n) is 7.03. The molecule has 0 atom stereocenters. The van der Waals surface area contributed by atoms with E-state index in [1.54, 1.807) is 0 Å². The minimum atomic E-state index is 0.214. The summed E-state index contributed by atoms with van der Waals surface area (Å²) in [6.07, 6.45) is 4.46. The molecule has 0 aliphatic heterocycles. The van der Waals surface area contributed by atoms with Gasteiger partial charge in [0.05, 0.1) is 0 Å². The topological polar surface area (TPSA) is 26.3 Å². The van der Waals surface area contributed by atoms with Crippen LogP contribution in [0.3, 0.4) is 0 Å². The number of carbonyl (C=O) groups excluding carboxylic acids is 1. The standard InChI is InChI=1S/C16H21BrO2/c1-11(2)14-9-13(17)7-8-16(14)19-10-15(18)12-5-3-4-6-12/h7-9,11-12H,3-6,10H2,1-2H3. The van der Waals surface area contributed by atoms with Gasteiger partial charge in [0.2, 0.25) is 0 Å². The second-order valence-corrected chi connectivity index (χ2v) is 6.49. The molecule has 3 heteroatoms. The monoisotopic (exact) mass is 324 g/mol. The number of hydrogen-bond acceptors (Lipinski definition) is 2. The Labute approximate surface area is 123 Å². The van der Waals surface area contributed by atoms with Crippen LogP contribution in [0.2, 0.25) is 0 Å². The molecule has 19 heavy (non-hydrogen) atoms. The van der Waals surface area contributed by atoms with Crippen molar-refractivity contribution in [2.24, 2.45) is 5.92 Å². The summed E-state index contributed by atoms with van der Waals surface area (Å²) < 4.78 is 6.80. The van der Waals surface area contributed by atoms with E-state index in [2.05, 4.69) is 35.8 Å². The number of hydrogen-bond donors (Lipinski definition) is 0. The summed E-state index contributed by atoms with van der Waals surface area (Å²) in [6.45, 7) is 4.48. The first kappa shape index (κ1) is 14.6. The molecule has 1 aromatic rings. The van der Waals surface area contributed by atoms with Crippen LogP contribution in [0.15, 0.2) is 22.7 Å². The Balaban J connectivity index is 2.00. The van der Waals surface area contributed by atoms with Crippen molar-refractivity contribution in [3.63, 3.8) is 0 Å². The van der Waals surface area contributed by atoms with Crippen LogP contribution in [0, 0.1) is 5.92 Å². The van der Waals surface area contributed by atoms with E-state index >= 15 is 0 Å². The van der Waals surface area contributed by atoms with Crippen LogP contribution in [-0.2, 0) is 4.79 Å². The lowest BCUT2D eigenvalue weighted by molar-refractivity contribution is -0.124. The molecule has 104 valence electrons. The Morgan fingerprint density at radius 3 is 2.68 bits per heavy atom. The molecule has 1 aliphatic rings. The maximum absolute atomic E-state index is 12.0. The third-order valence-electron chi connectivity index (χ3n) is 3.77. The van der Waals surface area contributed by atoms with E-state index in [1.807, 2.05) is 12.1 Å². The predicted octanol–water partition coefficient (Wildman–Crippen LogP) is 4.71. The molecule has 0 radical (unpaired) electrons. The van der Waals surface area contributed by atoms with E-state index in [0.717, 1.165) is 28.6 Å². The summed E-state index contributed by atoms with van der Waals surface area (Å²) in [7, 11) is 0. The third kappa shape index (κ3) is 3.82. The van der Waals surface area contributed by atoms with Gasteiger partial charge in [-0.2, -0.15) is 0 Å². The van der Waals surface area contributed by atoms with Gasteiger partial charge in [0.15, 0.2) is 5.78 Å². The lowest BCUT2D eigenvalue weighted by Gasteiger charge is -2.15. The Morgan fingerprint density at radius 1 is 1.37 bits per heavy atom. The summed E-state index contributed by atoms with van der Waals surface area (Å²) in [5.74, 6) is 1.71. The molecule has 2 nitrogen and oxygen atoms in total. The first-order chi connectivity index (χ1) is 9.08. The molecule has 0 heterocycles. The predicted molar refractivity (Wildman–Crippen MR) is 80.7 cm³/mol. The van der Waals surface area contributed by atoms with Gasteiger partial charge in [-0.15, -0.1) is 0 Å². The fourth-order valence-electron chi connectivity index (χ4n) is 2.62. The minimum absolute atomic E-state index is 0.214. The average Bonchev–Trinajstić information content (AvgIpc) is 2.90. The highest BCUT2D eigenvalue weighted by Crippen LogP contribution is 2.30. The van der Waals surface area contributed by atoms with Crippen LogP contribution in [0.25, 0.3) is 0 Å². The van der Waals surface area contributed by atoms with E-state index in [9.17, 15) is 4.79 Å². The molecule has 1 aromatic carbocycles. The fraction of sp³-hybridized carbons (Fsp3) is 0.562. The molecule has 1 saturated carbocycles. The zero-order valence-corrected chi connectivity index (χ0v) is 13.2. The second-order valence-electron chi connectivity index (χ2n) is 5.57. The molecule has 0 aromatic heterocycles. The maximum atomic E-state index is 12.0. The minimum Gasteiger partial charge on any atom is -0.486 e. The number of halogens is 1. The van der Waals surface area contributed by atoms with Crippen molar-refractivity contribution in [1.82, 2.24) is 0 Å². The van der Waals surface area contributed by atoms with Crippen LogP contribution in [0.5, 0.6) is 5.75 Å². The zero-order valence-electron chi connectivity index (χ0n) is 11.6. The lowest BCUT2D eigenvalue weighted by atomic mass is 10.0. The van der Waals surface area contributed by atoms with Gasteiger partial charge in [0.25, 0.3) is 0 Å². The normalized spacial score (nSPS) is 16.0. The zero-order chi connectivity index (χ0) is 13.8. The summed E-state index contributed by atoms with van der Waals surface area (Å²) in [4.78, 5) is 12.0. The van der Waals surface area contributed by atoms with Gasteiger partial charge >= 0.3 is 0 Å². The molecule has 1 fully saturated rings. The van der Waals surface area contributed by atoms with E-state index in [0.29, 0.717) is 5.92 Å². The number of Topliss-reactive ketones (excluding diaryl/α,β-unsaturated/α-hetero) is 1. The Bertz CT molecular complexity index is 448. The van der Waals surface area contributed by atoms with Crippen LogP contribution < -0.4 is 4.74 Å². The third-order valence-corrected chi connectivity index (χ3v) is 4.27. The van der Waals surface area contributed by atoms with Crippen molar-refractivity contribution in [2.75, 3.05) is 6.61 Å². The van der Waals surface area contributed by atoms with Gasteiger partial charge < -0.3 is 4.74 Å². The van der Waals surface area contributed by atoms with E-state index in [-0.39, 0.29) is 18.3 Å². The molecule has 0 saturated heterocycles. The Morgan fingerprint density at radius 2 is 2.05 bits per heavy atom. The Hall–Kier alpha value is -0.830. The molecule has 0 unspecified atom stereocenters. The molecule has 1 aliphatic carbocycles. The largest absolute Gasteiger partial charge is 0.486 e. The maximum Gasteiger partial charge on any atom is 0.173 e. The molecular formula is C16H21BrO2. The first-order valence-corrected chi connectivity index (χ1v) is 7.82. The van der Waals surface area contributed by atoms with Gasteiger partial charge in [-0.3, -0.25) is 4.79 Å². The number of benzene rings is 1. The van der Waals surface area contributed by atoms with E-state index in [4.69, 9.17) is 4.74 Å². The quantitative estimate of drug-likeness (QED) is 0.784. The van der Waals surface area contributed by atoms with Crippen molar-refractivity contribution in [3.05, 3.63) is 28.2 Å². The highest BCUT2D eigenvalue weighted by atomic mass is 79.9. The molecule has 0 amide bonds. The molecule has 0 N–H and O–H groups in total. The van der Waals surface area contributed by atoms with Crippen LogP contribution >= 0.6 is 15.9 Å². The molecule has 0 bridgehead atoms. The smallest absolute Gasteiger partial charge is 0.173 e. The van der Waals surface area contributed by atoms with Crippen molar-refractivity contribution < 1.29 is 9.53 Å². The van der Waals surface area contributed by atoms with E-state index < -0.39 is 0 Å². The summed E-state index contributed by atoms with van der Waals surface area (Å²) in [5, 5.41) is 0. The second kappa shape index (κ2) is 6.56. The number of rotatable bonds is 5. The van der Waals surface area contributed by atoms with Gasteiger partial charge in [-0.05, 0) is 42.5 Å². The average molecular weight is 325 g/mol. The fourth-order valence-corrected chi connectivity index (χ4v) is 3.00. The number of ketones is 1. The van der Waals surface area contributed by atoms with Crippen LogP contribution in [-0.4, -0.2) is 12.4 Å². The summed E-state index contributed by atoms with van der Waals surface area (Å²) in [5.41, 5.74) is 1.15. The van der Waals surface area contributed by atoms with Crippen LogP contribution in [0.4, 0.5) is 0 Å². The van der Waals surface area contributed by atoms with Crippen molar-refractivity contribution in [3.8, 4) is 5.75 Å². The summed E-state index contributed by atoms with van der Waals surface area (Å²) >= 11 is 3.48. The van der Waals surface area contributed by atoms with Crippen molar-refractivity contribution >= 4 is 21.7 Å².